The predicted octanol–water partition coefficient (Wildman–Crippen LogP) is 6.83. The number of methoxy groups -OCH3 is 1. The Morgan fingerprint density at radius 1 is 0.779 bits per heavy atom. The molecule has 4 aromatic rings. The van der Waals surface area contributed by atoms with Gasteiger partial charge in [0.25, 0.3) is 23.6 Å². The van der Waals surface area contributed by atoms with Crippen LogP contribution in [-0.4, -0.2) is 116 Å². The first kappa shape index (κ1) is 61.3. The van der Waals surface area contributed by atoms with Gasteiger partial charge < -0.3 is 57.7 Å². The van der Waals surface area contributed by atoms with Crippen molar-refractivity contribution in [2.24, 2.45) is 0 Å². The fourth-order valence-corrected chi connectivity index (χ4v) is 7.32. The summed E-state index contributed by atoms with van der Waals surface area (Å²) in [5.41, 5.74) is -2.48. The van der Waals surface area contributed by atoms with Crippen LogP contribution >= 0.6 is 99.9 Å². The molecule has 2 aromatic heterocycles. The Morgan fingerprint density at radius 3 is 1.56 bits per heavy atom. The molecule has 6 heterocycles. The number of carbonyl (C=O) groups excluding carboxylic acids is 4. The number of fused-ring (bicyclic) bond motifs is 4. The molecule has 4 aliphatic rings. The first-order valence-electron chi connectivity index (χ1n) is 19.0. The SMILES string of the molecule is COc1c2n(cc(C(=O)NCc3ccc(F)cc3F)c1=O)C[C@H]1OC[C@H](C)N1C2=O.C[C@H]1CO[C@@H]2Cn3cc(C(=O)NCc4ccc(F)cc4F)c(=O)c(O)c3C(=O)N12.[CH3-].[H-].[I][V]([I])[I].[I][V][I].[Mg+2]. The molecule has 0 spiro atoms. The minimum absolute atomic E-state index is 0. The van der Waals surface area contributed by atoms with Crippen LogP contribution in [0.3, 0.4) is 0 Å². The minimum Gasteiger partial charge on any atom is 2.00 e. The van der Waals surface area contributed by atoms with Gasteiger partial charge in [-0.05, 0) is 26.0 Å². The average molecular weight is 1600 g/mol. The number of aromatic hydroxyl groups is 1. The van der Waals surface area contributed by atoms with E-state index in [2.05, 4.69) is 111 Å². The molecule has 4 atom stereocenters. The van der Waals surface area contributed by atoms with Gasteiger partial charge in [-0.25, -0.2) is 17.6 Å². The fourth-order valence-electron chi connectivity index (χ4n) is 7.32. The van der Waals surface area contributed by atoms with Gasteiger partial charge in [-0.2, -0.15) is 0 Å². The zero-order chi connectivity index (χ0) is 48.7. The maximum absolute atomic E-state index is 13.8. The molecule has 16 nitrogen and oxygen atoms in total. The van der Waals surface area contributed by atoms with Crippen LogP contribution in [0.5, 0.6) is 11.5 Å². The Labute approximate surface area is 471 Å². The smallest absolute Gasteiger partial charge is 2.00 e. The number of nitrogens with zero attached hydrogens (tertiary/aromatic N) is 4. The number of pyridine rings is 2. The van der Waals surface area contributed by atoms with E-state index in [1.807, 2.05) is 6.92 Å². The molecular weight excluding hydrogens is 1560 g/mol. The number of benzene rings is 2. The van der Waals surface area contributed by atoms with E-state index >= 15 is 0 Å². The second kappa shape index (κ2) is 27.9. The number of hydrogen-bond acceptors (Lipinski definition) is 10. The molecule has 3 N–H and O–H groups in total. The minimum atomic E-state index is -1.01. The molecule has 4 aliphatic heterocycles. The molecular formula is C40H40F4I5MgN6O10V2. The number of amides is 4. The molecule has 2 aromatic carbocycles. The van der Waals surface area contributed by atoms with Crippen LogP contribution < -0.4 is 26.2 Å². The third-order valence-corrected chi connectivity index (χ3v) is 10.3. The predicted molar refractivity (Wildman–Crippen MR) is 279 cm³/mol. The number of hydrogen-bond donors (Lipinski definition) is 3. The Kier molecular flexibility index (Phi) is 25.2. The third-order valence-electron chi connectivity index (χ3n) is 10.3. The molecule has 0 unspecified atom stereocenters. The molecule has 28 heteroatoms. The van der Waals surface area contributed by atoms with Crippen molar-refractivity contribution >= 4 is 147 Å². The normalized spacial score (nSPS) is 18.2. The van der Waals surface area contributed by atoms with E-state index in [9.17, 15) is 51.4 Å². The summed E-state index contributed by atoms with van der Waals surface area (Å²) in [7, 11) is 1.87. The third kappa shape index (κ3) is 14.6. The van der Waals surface area contributed by atoms with Crippen molar-refractivity contribution in [1.82, 2.24) is 29.6 Å². The zero-order valence-corrected chi connectivity index (χ0v) is 51.1. The molecule has 365 valence electrons. The number of halogens is 9. The van der Waals surface area contributed by atoms with E-state index in [1.54, 1.807) is 11.8 Å². The van der Waals surface area contributed by atoms with Gasteiger partial charge >= 0.3 is 137 Å². The Balaban J connectivity index is 0.000000402. The van der Waals surface area contributed by atoms with E-state index in [0.29, 0.717) is 34.8 Å². The van der Waals surface area contributed by atoms with Crippen LogP contribution in [-0.2, 0) is 50.0 Å². The Hall–Kier alpha value is -0.955. The van der Waals surface area contributed by atoms with Crippen LogP contribution in [0.4, 0.5) is 17.6 Å². The zero-order valence-electron chi connectivity index (χ0n) is 37.1. The number of nitrogens with one attached hydrogen (secondary N) is 2. The first-order valence-corrected chi connectivity index (χ1v) is 41.6. The van der Waals surface area contributed by atoms with Crippen LogP contribution in [0.1, 0.15) is 68.1 Å². The number of aromatic nitrogens is 2. The van der Waals surface area contributed by atoms with E-state index in [1.165, 1.54) is 45.7 Å². The van der Waals surface area contributed by atoms with Gasteiger partial charge in [-0.1, -0.05) is 12.1 Å². The van der Waals surface area contributed by atoms with E-state index < -0.39 is 81.5 Å². The van der Waals surface area contributed by atoms with E-state index in [4.69, 9.17) is 14.2 Å². The van der Waals surface area contributed by atoms with Gasteiger partial charge in [0.2, 0.25) is 10.9 Å². The van der Waals surface area contributed by atoms with Crippen molar-refractivity contribution in [1.29, 1.82) is 0 Å². The van der Waals surface area contributed by atoms with Gasteiger partial charge in [-0.15, -0.1) is 0 Å². The molecule has 2 fully saturated rings. The standard InChI is InChI=1S/C20H19F2N3O5.C19H17F2N3O5.CH3.5HI.Mg.2V.H/c1-10-9-30-15-8-24-7-13(17(26)18(29-2)16(24)20(28)25(10)15)19(27)23-6-11-3-4-12(21)5-14(11)22;1-9-8-29-14-7-23-6-12(16(25)17(26)15(23)19(28)24(9)14)18(27)22-5-10-2-3-11(20)4-13(10)21;;;;;;;;;;/h3-5,7,10,15H,6,8-9H2,1-2H3,(H,23,27);2-4,6,9,14,26H,5,7-8H2,1H3,(H,22,27);1H3;5*1H;;;;/q;;-1;;;;;;2*+2;+3;-1/p-5/t10-,15+;9-,14+;;;;;;;;;;/m00........../s1. The van der Waals surface area contributed by atoms with Crippen molar-refractivity contribution in [2.45, 2.75) is 64.6 Å². The Bertz CT molecular complexity index is 2650. The van der Waals surface area contributed by atoms with Crippen molar-refractivity contribution in [3.63, 3.8) is 0 Å². The topological polar surface area (TPSA) is 191 Å². The quantitative estimate of drug-likeness (QED) is 0.0765. The van der Waals surface area contributed by atoms with E-state index in [0.717, 1.165) is 12.1 Å². The van der Waals surface area contributed by atoms with Crippen molar-refractivity contribution in [2.75, 3.05) is 20.3 Å². The van der Waals surface area contributed by atoms with Crippen molar-refractivity contribution in [3.05, 3.63) is 134 Å². The summed E-state index contributed by atoms with van der Waals surface area (Å²) in [4.78, 5) is 78.7. The maximum atomic E-state index is 13.8. The van der Waals surface area contributed by atoms with Gasteiger partial charge in [0.1, 0.15) is 34.4 Å². The largest absolute Gasteiger partial charge is 2.00 e. The van der Waals surface area contributed by atoms with Crippen LogP contribution in [0.15, 0.2) is 58.4 Å². The molecule has 0 saturated carbocycles. The number of carbonyl (C=O) groups is 4. The number of rotatable bonds is 7. The number of ether oxygens (including phenoxy) is 3. The summed E-state index contributed by atoms with van der Waals surface area (Å²) >= 11 is 12.1. The summed E-state index contributed by atoms with van der Waals surface area (Å²) in [5.74, 6) is -6.80. The van der Waals surface area contributed by atoms with E-state index in [-0.39, 0.29) is 109 Å². The van der Waals surface area contributed by atoms with Crippen LogP contribution in [0, 0.1) is 30.7 Å². The molecule has 8 rings (SSSR count). The molecule has 0 aliphatic carbocycles. The van der Waals surface area contributed by atoms with Gasteiger partial charge in [0.15, 0.2) is 35.3 Å². The molecule has 4 amide bonds. The Morgan fingerprint density at radius 2 is 1.16 bits per heavy atom. The summed E-state index contributed by atoms with van der Waals surface area (Å²) in [6, 6.07) is 5.53. The molecule has 0 bridgehead atoms. The van der Waals surface area contributed by atoms with Gasteiger partial charge in [0.05, 0.1) is 45.5 Å². The summed E-state index contributed by atoms with van der Waals surface area (Å²) in [5, 5.41) is 15.1. The van der Waals surface area contributed by atoms with Gasteiger partial charge in [0, 0.05) is 48.7 Å². The maximum Gasteiger partial charge on any atom is 2.00 e. The molecule has 0 radical (unpaired) electrons. The monoisotopic (exact) mass is 1600 g/mol. The second-order valence-electron chi connectivity index (χ2n) is 14.4. The molecule has 2 saturated heterocycles. The fraction of sp³-hybridized carbons (Fsp3) is 0.325. The second-order valence-corrected chi connectivity index (χ2v) is 61.6. The van der Waals surface area contributed by atoms with Crippen molar-refractivity contribution in [3.8, 4) is 11.5 Å². The molecule has 68 heavy (non-hydrogen) atoms. The van der Waals surface area contributed by atoms with Crippen LogP contribution in [0.25, 0.3) is 0 Å². The van der Waals surface area contributed by atoms with Crippen molar-refractivity contribution < 1.29 is 71.9 Å². The summed E-state index contributed by atoms with van der Waals surface area (Å²) < 4.78 is 72.6. The first-order chi connectivity index (χ1) is 31.2. The summed E-state index contributed by atoms with van der Waals surface area (Å²) in [6.07, 6.45) is 1.39. The average Bonchev–Trinajstić information content (AvgIpc) is 3.82. The summed E-state index contributed by atoms with van der Waals surface area (Å²) in [6.45, 7) is 4.17. The van der Waals surface area contributed by atoms with Gasteiger partial charge in [-0.3, -0.25) is 28.8 Å². The van der Waals surface area contributed by atoms with Crippen LogP contribution in [0.2, 0.25) is 0 Å².